The summed E-state index contributed by atoms with van der Waals surface area (Å²) in [6, 6.07) is 33.9. The van der Waals surface area contributed by atoms with E-state index in [1.807, 2.05) is 79.3 Å². The van der Waals surface area contributed by atoms with Crippen LogP contribution in [0.4, 0.5) is 21.0 Å². The molecule has 6 aliphatic rings. The van der Waals surface area contributed by atoms with Crippen LogP contribution in [0, 0.1) is 0 Å². The van der Waals surface area contributed by atoms with E-state index in [9.17, 15) is 28.8 Å². The molecule has 4 atom stereocenters. The van der Waals surface area contributed by atoms with Gasteiger partial charge in [-0.1, -0.05) is 73.8 Å². The van der Waals surface area contributed by atoms with Gasteiger partial charge in [-0.05, 0) is 177 Å². The Labute approximate surface area is 524 Å². The van der Waals surface area contributed by atoms with Gasteiger partial charge in [0, 0.05) is 78.0 Å². The van der Waals surface area contributed by atoms with Crippen LogP contribution in [0.3, 0.4) is 0 Å². The molecule has 1 aliphatic carbocycles. The molecule has 0 radical (unpaired) electrons. The number of hydrogen-bond donors (Lipinski definition) is 7. The van der Waals surface area contributed by atoms with Crippen molar-refractivity contribution in [1.29, 1.82) is 0 Å². The van der Waals surface area contributed by atoms with Crippen molar-refractivity contribution in [2.75, 3.05) is 91.2 Å². The Morgan fingerprint density at radius 2 is 1.00 bits per heavy atom. The Hall–Kier alpha value is -8.88. The number of likely N-dealkylation sites (tertiary alicyclic amines) is 1. The summed E-state index contributed by atoms with van der Waals surface area (Å²) in [4.78, 5) is 96.2. The zero-order chi connectivity index (χ0) is 63.6. The fraction of sp³-hybridized carbons (Fsp3) is 0.420. The van der Waals surface area contributed by atoms with Gasteiger partial charge in [0.2, 0.25) is 11.8 Å². The molecule has 5 aliphatic heterocycles. The normalized spacial score (nSPS) is 19.8. The largest absolute Gasteiger partial charge is 0.367 e. The summed E-state index contributed by atoms with van der Waals surface area (Å²) in [5.41, 5.74) is 8.18. The van der Waals surface area contributed by atoms with Gasteiger partial charge in [0.15, 0.2) is 0 Å². The lowest BCUT2D eigenvalue weighted by Gasteiger charge is -2.36. The summed E-state index contributed by atoms with van der Waals surface area (Å²) in [6.07, 6.45) is 7.70. The molecule has 8 amide bonds. The van der Waals surface area contributed by atoms with Gasteiger partial charge < -0.3 is 61.7 Å². The number of carbonyl (C=O) groups is 6. The SMILES string of the molecule is C=CC(=O)Nc1ccc(C(=O)N2CCC(NC3=NCC4=C3CN(C(=O)N[C@H](CN(C)C)c3ccccc3)C4(C)C)CC2)cc1.C=CC(=O)Nc1ccc(C(=O)N[C@H]2CCC[C@@H](NC3=NCC4=C3CN(C(=O)N[C@H](CN(C)C)c3ccccc3)C4(C)C)C2)cc1. The Kier molecular flexibility index (Phi) is 20.7. The molecule has 1 saturated carbocycles. The van der Waals surface area contributed by atoms with Gasteiger partial charge in [-0.25, -0.2) is 9.59 Å². The monoisotopic (exact) mass is 1210 g/mol. The van der Waals surface area contributed by atoms with Crippen LogP contribution < -0.4 is 37.2 Å². The van der Waals surface area contributed by atoms with Crippen molar-refractivity contribution in [2.24, 2.45) is 9.98 Å². The number of rotatable bonds is 17. The molecule has 1 saturated heterocycles. The third-order valence-corrected chi connectivity index (χ3v) is 17.8. The molecule has 0 bridgehead atoms. The first kappa shape index (κ1) is 64.6. The van der Waals surface area contributed by atoms with E-state index in [0.29, 0.717) is 74.9 Å². The van der Waals surface area contributed by atoms with Gasteiger partial charge in [-0.2, -0.15) is 0 Å². The number of likely N-dealkylation sites (N-methyl/N-ethyl adjacent to an activating group) is 2. The van der Waals surface area contributed by atoms with Crippen LogP contribution in [-0.2, 0) is 9.59 Å². The third kappa shape index (κ3) is 15.7. The fourth-order valence-electron chi connectivity index (χ4n) is 12.7. The average molecular weight is 1210 g/mol. The minimum atomic E-state index is -0.460. The van der Waals surface area contributed by atoms with Crippen LogP contribution in [0.15, 0.2) is 167 Å². The molecule has 20 heteroatoms. The highest BCUT2D eigenvalue weighted by Gasteiger charge is 2.48. The molecule has 470 valence electrons. The van der Waals surface area contributed by atoms with Crippen molar-refractivity contribution in [3.8, 4) is 0 Å². The third-order valence-electron chi connectivity index (χ3n) is 17.8. The maximum atomic E-state index is 13.7. The summed E-state index contributed by atoms with van der Waals surface area (Å²) in [5.74, 6) is 1.01. The predicted molar refractivity (Wildman–Crippen MR) is 352 cm³/mol. The predicted octanol–water partition coefficient (Wildman–Crippen LogP) is 8.08. The number of urea groups is 2. The number of hydrogen-bond acceptors (Lipinski definition) is 12. The van der Waals surface area contributed by atoms with E-state index >= 15 is 0 Å². The summed E-state index contributed by atoms with van der Waals surface area (Å²) in [5, 5.41) is 22.5. The highest BCUT2D eigenvalue weighted by atomic mass is 16.2. The molecule has 0 aromatic heterocycles. The quantitative estimate of drug-likeness (QED) is 0.0503. The lowest BCUT2D eigenvalue weighted by Crippen LogP contribution is -2.52. The number of amidine groups is 2. The van der Waals surface area contributed by atoms with Gasteiger partial charge in [-0.3, -0.25) is 29.2 Å². The van der Waals surface area contributed by atoms with Crippen molar-refractivity contribution in [2.45, 2.75) is 108 Å². The van der Waals surface area contributed by atoms with Gasteiger partial charge >= 0.3 is 12.1 Å². The topological polar surface area (TPSA) is 228 Å². The average Bonchev–Trinajstić information content (AvgIpc) is 1.68. The minimum absolute atomic E-state index is 0.0180. The molecule has 10 rings (SSSR count). The Balaban J connectivity index is 0.000000211. The highest BCUT2D eigenvalue weighted by Crippen LogP contribution is 2.40. The lowest BCUT2D eigenvalue weighted by molar-refractivity contribution is -0.112. The van der Waals surface area contributed by atoms with Crippen LogP contribution in [0.25, 0.3) is 0 Å². The Morgan fingerprint density at radius 3 is 1.44 bits per heavy atom. The molecule has 7 N–H and O–H groups in total. The molecule has 2 fully saturated rings. The fourth-order valence-corrected chi connectivity index (χ4v) is 12.7. The van der Waals surface area contributed by atoms with E-state index in [0.717, 1.165) is 72.5 Å². The van der Waals surface area contributed by atoms with Crippen LogP contribution in [0.5, 0.6) is 0 Å². The van der Waals surface area contributed by atoms with Crippen LogP contribution >= 0.6 is 0 Å². The summed E-state index contributed by atoms with van der Waals surface area (Å²) < 4.78 is 0. The number of piperidine rings is 1. The molecule has 5 heterocycles. The first-order valence-corrected chi connectivity index (χ1v) is 30.9. The minimum Gasteiger partial charge on any atom is -0.367 e. The van der Waals surface area contributed by atoms with Crippen molar-refractivity contribution in [3.63, 3.8) is 0 Å². The van der Waals surface area contributed by atoms with Gasteiger partial charge in [0.05, 0.1) is 49.3 Å². The summed E-state index contributed by atoms with van der Waals surface area (Å²) in [7, 11) is 8.05. The van der Waals surface area contributed by atoms with Crippen molar-refractivity contribution < 1.29 is 28.8 Å². The number of carbonyl (C=O) groups excluding carboxylic acids is 6. The summed E-state index contributed by atoms with van der Waals surface area (Å²) in [6.45, 7) is 20.1. The molecule has 89 heavy (non-hydrogen) atoms. The van der Waals surface area contributed by atoms with Crippen LogP contribution in [0.2, 0.25) is 0 Å². The number of anilines is 2. The lowest BCUT2D eigenvalue weighted by atomic mass is 9.90. The maximum absolute atomic E-state index is 13.7. The number of aliphatic imine (C=N–C) groups is 2. The molecular formula is C69H88N14O6. The number of nitrogens with zero attached hydrogens (tertiary/aromatic N) is 7. The second-order valence-electron chi connectivity index (χ2n) is 25.3. The van der Waals surface area contributed by atoms with Crippen molar-refractivity contribution in [3.05, 3.63) is 179 Å². The van der Waals surface area contributed by atoms with Gasteiger partial charge in [0.25, 0.3) is 11.8 Å². The molecule has 0 spiro atoms. The maximum Gasteiger partial charge on any atom is 0.318 e. The summed E-state index contributed by atoms with van der Waals surface area (Å²) >= 11 is 0. The van der Waals surface area contributed by atoms with Crippen LogP contribution in [0.1, 0.15) is 110 Å². The molecule has 4 aromatic rings. The van der Waals surface area contributed by atoms with Gasteiger partial charge in [0.1, 0.15) is 11.7 Å². The van der Waals surface area contributed by atoms with E-state index in [-0.39, 0.29) is 65.9 Å². The molecule has 4 aromatic carbocycles. The Morgan fingerprint density at radius 1 is 0.573 bits per heavy atom. The van der Waals surface area contributed by atoms with E-state index in [2.05, 4.69) is 112 Å². The zero-order valence-electron chi connectivity index (χ0n) is 52.8. The Bertz CT molecular complexity index is 3380. The highest BCUT2D eigenvalue weighted by molar-refractivity contribution is 6.05. The smallest absolute Gasteiger partial charge is 0.318 e. The van der Waals surface area contributed by atoms with E-state index in [4.69, 9.17) is 9.98 Å². The van der Waals surface area contributed by atoms with E-state index in [1.165, 1.54) is 23.3 Å². The van der Waals surface area contributed by atoms with Crippen molar-refractivity contribution in [1.82, 2.24) is 51.1 Å². The molecular weight excluding hydrogens is 1120 g/mol. The van der Waals surface area contributed by atoms with E-state index in [1.54, 1.807) is 48.5 Å². The van der Waals surface area contributed by atoms with Crippen LogP contribution in [-0.4, -0.2) is 182 Å². The zero-order valence-corrected chi connectivity index (χ0v) is 52.8. The second kappa shape index (κ2) is 28.5. The molecule has 20 nitrogen and oxygen atoms in total. The standard InChI is InChI=1S/C35H45N7O3.C34H43N7O3/c1-6-31(43)37-25-17-15-24(16-18-25)33(44)39-27-14-10-13-26(19-27)38-32-28-21-42(35(2,3)29(28)20-36-32)34(45)40-30(22-41(4)5)23-11-8-7-9-12-23;1-6-30(42)36-25-14-12-24(13-15-25)32(43)40-18-16-26(17-19-40)37-31-27-21-41(34(2,3)28(27)20-35-31)33(44)38-29(22-39(4)5)23-10-8-7-9-11-23/h6-9,11-12,15-18,26-27,30H,1,10,13-14,19-22H2,2-5H3,(H,36,38)(H,37,43)(H,39,44)(H,40,45);6-15,26,29H,1,16-22H2,2-5H3,(H,35,37)(H,36,42)(H,38,44)/t26-,27+,30-;29-/m11/s1. The first-order valence-electron chi connectivity index (χ1n) is 30.9. The molecule has 0 unspecified atom stereocenters. The second-order valence-corrected chi connectivity index (χ2v) is 25.3. The number of nitrogens with one attached hydrogen (secondary N) is 7. The first-order chi connectivity index (χ1) is 42.6. The number of benzene rings is 4. The van der Waals surface area contributed by atoms with Gasteiger partial charge in [-0.15, -0.1) is 0 Å². The van der Waals surface area contributed by atoms with E-state index < -0.39 is 11.1 Å². The number of amides is 8. The van der Waals surface area contributed by atoms with Crippen molar-refractivity contribution >= 4 is 58.7 Å².